The van der Waals surface area contributed by atoms with Crippen LogP contribution in [0.1, 0.15) is 0 Å². The summed E-state index contributed by atoms with van der Waals surface area (Å²) in [5, 5.41) is 0. The van der Waals surface area contributed by atoms with E-state index in [1.54, 1.807) is 12.5 Å². The van der Waals surface area contributed by atoms with Gasteiger partial charge in [0.1, 0.15) is 12.5 Å². The van der Waals surface area contributed by atoms with E-state index in [9.17, 15) is 9.13 Å². The third kappa shape index (κ3) is 15.7. The molecule has 0 saturated heterocycles. The van der Waals surface area contributed by atoms with Gasteiger partial charge >= 0.3 is 16.5 Å². The molecule has 0 fully saturated rings. The summed E-state index contributed by atoms with van der Waals surface area (Å²) in [6.07, 6.45) is 3.25. The predicted molar refractivity (Wildman–Crippen MR) is 33.8 cm³/mol. The van der Waals surface area contributed by atoms with Crippen LogP contribution in [0.15, 0.2) is 12.5 Å². The minimum atomic E-state index is -3.20. The second-order valence-corrected chi connectivity index (χ2v) is 2.92. The van der Waals surface area contributed by atoms with Crippen LogP contribution in [-0.2, 0) is 18.2 Å². The second kappa shape index (κ2) is 5.65. The molecule has 2 atom stereocenters. The van der Waals surface area contributed by atoms with Gasteiger partial charge in [0.2, 0.25) is 0 Å². The average molecular weight is 188 g/mol. The fourth-order valence-electron chi connectivity index (χ4n) is 0.0747. The van der Waals surface area contributed by atoms with E-state index < -0.39 is 16.5 Å². The maximum Gasteiger partial charge on any atom is 0.323 e. The Morgan fingerprint density at radius 3 is 1.50 bits per heavy atom. The molecule has 0 aliphatic carbocycles. The molecule has 6 nitrogen and oxygen atoms in total. The van der Waals surface area contributed by atoms with Crippen molar-refractivity contribution in [2.24, 2.45) is 0 Å². The molecular formula is C2H6O6P2. The summed E-state index contributed by atoms with van der Waals surface area (Å²) in [7, 11) is -6.40. The normalized spacial score (nSPS) is 17.8. The van der Waals surface area contributed by atoms with Crippen molar-refractivity contribution < 1.29 is 28.0 Å². The quantitative estimate of drug-likeness (QED) is 0.603. The maximum atomic E-state index is 9.44. The molecule has 1 rings (SSSR count). The number of ether oxygens (including phenoxy) is 1. The monoisotopic (exact) mass is 188 g/mol. The predicted octanol–water partition coefficient (Wildman–Crippen LogP) is 0.255. The summed E-state index contributed by atoms with van der Waals surface area (Å²) < 4.78 is 26.6. The Labute approximate surface area is 58.0 Å². The Balaban J connectivity index is 0.000000219. The van der Waals surface area contributed by atoms with Gasteiger partial charge in [0, 0.05) is 0 Å². The molecule has 0 aromatic carbocycles. The van der Waals surface area contributed by atoms with Crippen LogP contribution in [0.2, 0.25) is 0 Å². The smallest absolute Gasteiger partial charge is 0.323 e. The number of hydrogen-bond donors (Lipinski definition) is 2. The highest BCUT2D eigenvalue weighted by Gasteiger charge is 1.93. The van der Waals surface area contributed by atoms with E-state index in [-0.39, 0.29) is 0 Å². The summed E-state index contributed by atoms with van der Waals surface area (Å²) in [6, 6.07) is 0. The summed E-state index contributed by atoms with van der Waals surface area (Å²) in [5.74, 6) is 0. The van der Waals surface area contributed by atoms with Gasteiger partial charge in [-0.3, -0.25) is 9.13 Å². The molecule has 1 heterocycles. The molecule has 1 aliphatic heterocycles. The molecule has 1 aliphatic rings. The van der Waals surface area contributed by atoms with Crippen LogP contribution < -0.4 is 0 Å². The van der Waals surface area contributed by atoms with E-state index in [1.807, 2.05) is 0 Å². The van der Waals surface area contributed by atoms with Gasteiger partial charge in [-0.25, -0.2) is 4.31 Å². The van der Waals surface area contributed by atoms with Gasteiger partial charge in [0.25, 0.3) is 0 Å². The van der Waals surface area contributed by atoms with Crippen molar-refractivity contribution in [1.29, 1.82) is 0 Å². The first-order valence-corrected chi connectivity index (χ1v) is 4.60. The zero-order valence-electron chi connectivity index (χ0n) is 4.68. The van der Waals surface area contributed by atoms with E-state index >= 15 is 0 Å². The lowest BCUT2D eigenvalue weighted by atomic mass is 11.3. The molecule has 0 bridgehead atoms. The van der Waals surface area contributed by atoms with Crippen molar-refractivity contribution in [2.45, 2.75) is 0 Å². The van der Waals surface area contributed by atoms with Gasteiger partial charge < -0.3 is 14.5 Å². The first kappa shape index (κ1) is 9.88. The van der Waals surface area contributed by atoms with Gasteiger partial charge in [-0.1, -0.05) is 0 Å². The zero-order valence-corrected chi connectivity index (χ0v) is 6.68. The lowest BCUT2D eigenvalue weighted by molar-refractivity contribution is 0.371. The summed E-state index contributed by atoms with van der Waals surface area (Å²) in [5.41, 5.74) is 0. The third-order valence-electron chi connectivity index (χ3n) is 0.311. The van der Waals surface area contributed by atoms with Crippen molar-refractivity contribution in [2.75, 3.05) is 0 Å². The van der Waals surface area contributed by atoms with Crippen LogP contribution in [0.3, 0.4) is 0 Å². The second-order valence-electron chi connectivity index (χ2n) is 1.04. The van der Waals surface area contributed by atoms with Gasteiger partial charge in [-0.2, -0.15) is 0 Å². The van der Waals surface area contributed by atoms with Gasteiger partial charge in [-0.05, 0) is 0 Å². The van der Waals surface area contributed by atoms with Gasteiger partial charge in [-0.15, -0.1) is 0 Å². The summed E-state index contributed by atoms with van der Waals surface area (Å²) in [4.78, 5) is 15.4. The van der Waals surface area contributed by atoms with Crippen molar-refractivity contribution in [3.63, 3.8) is 0 Å². The highest BCUT2D eigenvalue weighted by Crippen LogP contribution is 2.30. The first-order chi connectivity index (χ1) is 4.63. The largest absolute Gasteiger partial charge is 0.466 e. The minimum absolute atomic E-state index is 1.62. The fraction of sp³-hybridized carbons (Fsp3) is 0. The Bertz CT molecular complexity index is 147. The Kier molecular flexibility index (Phi) is 5.58. The van der Waals surface area contributed by atoms with Crippen molar-refractivity contribution in [3.8, 4) is 0 Å². The molecule has 0 spiro atoms. The van der Waals surface area contributed by atoms with E-state index in [0.717, 1.165) is 0 Å². The van der Waals surface area contributed by atoms with Crippen molar-refractivity contribution in [3.05, 3.63) is 12.5 Å². The SMILES string of the molecule is C1=CO1.O=[PH](O)O[PH](=O)O. The topological polar surface area (TPSA) is 96.4 Å². The lowest BCUT2D eigenvalue weighted by Crippen LogP contribution is -1.58. The van der Waals surface area contributed by atoms with E-state index in [4.69, 9.17) is 9.79 Å². The molecule has 2 unspecified atom stereocenters. The molecule has 60 valence electrons. The standard InChI is InChI=1S/C2H2O.H4O5P2/c1-2-3-1;1-6(2)5-7(3)4/h1-2H;6-7H,(H,1,2)(H,3,4). The highest BCUT2D eigenvalue weighted by atomic mass is 31.2. The molecule has 0 aromatic rings. The first-order valence-electron chi connectivity index (χ1n) is 2.07. The van der Waals surface area contributed by atoms with Gasteiger partial charge in [0.05, 0.1) is 0 Å². The third-order valence-corrected chi connectivity index (χ3v) is 1.71. The van der Waals surface area contributed by atoms with Crippen LogP contribution >= 0.6 is 16.5 Å². The van der Waals surface area contributed by atoms with Crippen molar-refractivity contribution >= 4 is 16.5 Å². The van der Waals surface area contributed by atoms with Crippen molar-refractivity contribution in [1.82, 2.24) is 0 Å². The molecule has 2 N–H and O–H groups in total. The molecule has 0 saturated carbocycles. The Morgan fingerprint density at radius 2 is 1.50 bits per heavy atom. The lowest BCUT2D eigenvalue weighted by Gasteiger charge is -1.86. The summed E-state index contributed by atoms with van der Waals surface area (Å²) >= 11 is 0. The van der Waals surface area contributed by atoms with Gasteiger partial charge in [0.15, 0.2) is 0 Å². The number of hydrogen-bond acceptors (Lipinski definition) is 4. The van der Waals surface area contributed by atoms with E-state index in [0.29, 0.717) is 0 Å². The fourth-order valence-corrected chi connectivity index (χ4v) is 0.672. The highest BCUT2D eigenvalue weighted by molar-refractivity contribution is 7.46. The van der Waals surface area contributed by atoms with Crippen LogP contribution in [0, 0.1) is 0 Å². The van der Waals surface area contributed by atoms with Crippen LogP contribution in [0.4, 0.5) is 0 Å². The molecule has 0 radical (unpaired) electrons. The molecule has 0 aromatic heterocycles. The molecular weight excluding hydrogens is 182 g/mol. The van der Waals surface area contributed by atoms with Crippen LogP contribution in [0.5, 0.6) is 0 Å². The van der Waals surface area contributed by atoms with E-state index in [1.165, 1.54) is 0 Å². The summed E-state index contributed by atoms with van der Waals surface area (Å²) in [6.45, 7) is 0. The van der Waals surface area contributed by atoms with Crippen LogP contribution in [0.25, 0.3) is 0 Å². The minimum Gasteiger partial charge on any atom is -0.466 e. The molecule has 8 heteroatoms. The van der Waals surface area contributed by atoms with E-state index in [2.05, 4.69) is 9.05 Å². The molecule has 0 amide bonds. The average Bonchev–Trinajstić information content (AvgIpc) is 2.38. The Hall–Kier alpha value is -0.120. The number of rotatable bonds is 2. The molecule has 10 heavy (non-hydrogen) atoms. The maximum absolute atomic E-state index is 9.44. The Morgan fingerprint density at radius 1 is 1.20 bits per heavy atom. The zero-order chi connectivity index (χ0) is 7.98. The van der Waals surface area contributed by atoms with Crippen LogP contribution in [-0.4, -0.2) is 9.79 Å².